The van der Waals surface area contributed by atoms with Gasteiger partial charge in [-0.3, -0.25) is 4.98 Å². The average molecular weight is 258 g/mol. The third kappa shape index (κ3) is 3.67. The number of aromatic nitrogens is 1. The molecule has 0 amide bonds. The van der Waals surface area contributed by atoms with Gasteiger partial charge in [0.25, 0.3) is 0 Å². The van der Waals surface area contributed by atoms with Gasteiger partial charge in [0.05, 0.1) is 5.52 Å². The molecule has 0 saturated carbocycles. The number of fused-ring (bicyclic) bond motifs is 1. The summed E-state index contributed by atoms with van der Waals surface area (Å²) < 4.78 is 6.16. The minimum absolute atomic E-state index is 0.237. The second kappa shape index (κ2) is 6.02. The number of hydrogen-bond acceptors (Lipinski definition) is 3. The number of nitrogens with one attached hydrogen (secondary N) is 1. The van der Waals surface area contributed by atoms with Crippen LogP contribution in [-0.2, 0) is 0 Å². The van der Waals surface area contributed by atoms with Gasteiger partial charge >= 0.3 is 0 Å². The average Bonchev–Trinajstić information content (AvgIpc) is 2.39. The van der Waals surface area contributed by atoms with Crippen LogP contribution in [0.5, 0.6) is 5.75 Å². The van der Waals surface area contributed by atoms with Crippen molar-refractivity contribution in [3.05, 3.63) is 36.5 Å². The number of hydrogen-bond donors (Lipinski definition) is 1. The van der Waals surface area contributed by atoms with E-state index in [1.165, 1.54) is 0 Å². The largest absolute Gasteiger partial charge is 0.486 e. The Hall–Kier alpha value is -1.61. The Bertz CT molecular complexity index is 532. The Morgan fingerprint density at radius 2 is 2.05 bits per heavy atom. The maximum atomic E-state index is 6.16. The number of pyridine rings is 1. The van der Waals surface area contributed by atoms with Crippen molar-refractivity contribution in [2.45, 2.75) is 32.8 Å². The summed E-state index contributed by atoms with van der Waals surface area (Å²) in [6, 6.07) is 9.99. The Morgan fingerprint density at radius 1 is 1.21 bits per heavy atom. The Balaban J connectivity index is 2.16. The Morgan fingerprint density at radius 3 is 2.84 bits per heavy atom. The molecule has 0 spiro atoms. The van der Waals surface area contributed by atoms with Gasteiger partial charge in [0.15, 0.2) is 0 Å². The van der Waals surface area contributed by atoms with E-state index < -0.39 is 0 Å². The summed E-state index contributed by atoms with van der Waals surface area (Å²) in [6.07, 6.45) is 2.94. The van der Waals surface area contributed by atoms with E-state index in [0.29, 0.717) is 0 Å². The molecule has 1 N–H and O–H groups in total. The summed E-state index contributed by atoms with van der Waals surface area (Å²) in [5.41, 5.74) is 0.733. The molecule has 3 heteroatoms. The molecule has 0 atom stereocenters. The second-order valence-corrected chi connectivity index (χ2v) is 5.36. The number of benzene rings is 1. The molecule has 1 aromatic heterocycles. The first kappa shape index (κ1) is 13.8. The number of nitrogens with zero attached hydrogens (tertiary/aromatic N) is 1. The first-order valence-electron chi connectivity index (χ1n) is 6.86. The van der Waals surface area contributed by atoms with Crippen molar-refractivity contribution in [1.82, 2.24) is 10.3 Å². The van der Waals surface area contributed by atoms with Gasteiger partial charge in [-0.2, -0.15) is 0 Å². The second-order valence-electron chi connectivity index (χ2n) is 5.36. The van der Waals surface area contributed by atoms with Gasteiger partial charge in [-0.15, -0.1) is 0 Å². The van der Waals surface area contributed by atoms with E-state index in [2.05, 4.69) is 31.1 Å². The Kier molecular flexibility index (Phi) is 4.38. The van der Waals surface area contributed by atoms with Crippen LogP contribution in [0, 0.1) is 0 Å². The third-order valence-corrected chi connectivity index (χ3v) is 2.97. The van der Waals surface area contributed by atoms with Crippen molar-refractivity contribution in [3.8, 4) is 5.75 Å². The summed E-state index contributed by atoms with van der Waals surface area (Å²) in [4.78, 5) is 4.35. The van der Waals surface area contributed by atoms with Crippen LogP contribution in [0.3, 0.4) is 0 Å². The fourth-order valence-corrected chi connectivity index (χ4v) is 2.06. The topological polar surface area (TPSA) is 34.1 Å². The van der Waals surface area contributed by atoms with Gasteiger partial charge in [0, 0.05) is 18.1 Å². The maximum absolute atomic E-state index is 6.16. The van der Waals surface area contributed by atoms with Gasteiger partial charge in [-0.1, -0.05) is 13.0 Å². The van der Waals surface area contributed by atoms with Crippen molar-refractivity contribution >= 4 is 10.9 Å². The third-order valence-electron chi connectivity index (χ3n) is 2.97. The number of ether oxygens (including phenoxy) is 1. The SMILES string of the molecule is CCCNCC(C)(C)Oc1cccc2ncccc12. The lowest BCUT2D eigenvalue weighted by molar-refractivity contribution is 0.110. The highest BCUT2D eigenvalue weighted by Crippen LogP contribution is 2.27. The highest BCUT2D eigenvalue weighted by molar-refractivity contribution is 5.84. The zero-order valence-electron chi connectivity index (χ0n) is 11.9. The molecule has 0 aliphatic carbocycles. The quantitative estimate of drug-likeness (QED) is 0.806. The first-order valence-corrected chi connectivity index (χ1v) is 6.86. The van der Waals surface area contributed by atoms with E-state index in [4.69, 9.17) is 4.74 Å². The molecule has 19 heavy (non-hydrogen) atoms. The molecule has 3 nitrogen and oxygen atoms in total. The molecule has 2 aromatic rings. The zero-order chi connectivity index (χ0) is 13.7. The van der Waals surface area contributed by atoms with Crippen LogP contribution < -0.4 is 10.1 Å². The lowest BCUT2D eigenvalue weighted by Crippen LogP contribution is -2.40. The zero-order valence-corrected chi connectivity index (χ0v) is 11.9. The fraction of sp³-hybridized carbons (Fsp3) is 0.438. The van der Waals surface area contributed by atoms with Gasteiger partial charge in [-0.05, 0) is 51.1 Å². The van der Waals surface area contributed by atoms with Crippen LogP contribution in [0.2, 0.25) is 0 Å². The van der Waals surface area contributed by atoms with Crippen molar-refractivity contribution in [1.29, 1.82) is 0 Å². The minimum Gasteiger partial charge on any atom is -0.486 e. The molecule has 2 rings (SSSR count). The summed E-state index contributed by atoms with van der Waals surface area (Å²) in [7, 11) is 0. The molecular formula is C16H22N2O. The predicted molar refractivity (Wildman–Crippen MR) is 79.6 cm³/mol. The summed E-state index contributed by atoms with van der Waals surface area (Å²) in [6.45, 7) is 8.22. The maximum Gasteiger partial charge on any atom is 0.129 e. The predicted octanol–water partition coefficient (Wildman–Crippen LogP) is 3.39. The molecule has 1 aromatic carbocycles. The molecule has 0 saturated heterocycles. The van der Waals surface area contributed by atoms with Crippen molar-refractivity contribution in [3.63, 3.8) is 0 Å². The lowest BCUT2D eigenvalue weighted by Gasteiger charge is -2.27. The minimum atomic E-state index is -0.237. The number of rotatable bonds is 6. The van der Waals surface area contributed by atoms with Gasteiger partial charge in [0.1, 0.15) is 11.4 Å². The molecule has 0 aliphatic heterocycles. The van der Waals surface area contributed by atoms with Gasteiger partial charge in [0.2, 0.25) is 0 Å². The van der Waals surface area contributed by atoms with Crippen LogP contribution >= 0.6 is 0 Å². The van der Waals surface area contributed by atoms with E-state index in [1.54, 1.807) is 6.20 Å². The van der Waals surface area contributed by atoms with Crippen LogP contribution in [0.4, 0.5) is 0 Å². The molecule has 102 valence electrons. The Labute approximate surface area is 115 Å². The van der Waals surface area contributed by atoms with Gasteiger partial charge in [-0.25, -0.2) is 0 Å². The van der Waals surface area contributed by atoms with Crippen LogP contribution in [0.25, 0.3) is 10.9 Å². The summed E-state index contributed by atoms with van der Waals surface area (Å²) >= 11 is 0. The molecule has 0 fully saturated rings. The van der Waals surface area contributed by atoms with Crippen molar-refractivity contribution in [2.24, 2.45) is 0 Å². The van der Waals surface area contributed by atoms with E-state index in [9.17, 15) is 0 Å². The van der Waals surface area contributed by atoms with E-state index in [0.717, 1.165) is 36.2 Å². The molecular weight excluding hydrogens is 236 g/mol. The van der Waals surface area contributed by atoms with Crippen molar-refractivity contribution < 1.29 is 4.74 Å². The normalized spacial score (nSPS) is 11.7. The molecule has 1 heterocycles. The van der Waals surface area contributed by atoms with Crippen molar-refractivity contribution in [2.75, 3.05) is 13.1 Å². The first-order chi connectivity index (χ1) is 9.12. The van der Waals surface area contributed by atoms with E-state index >= 15 is 0 Å². The highest BCUT2D eigenvalue weighted by atomic mass is 16.5. The molecule has 0 aliphatic rings. The van der Waals surface area contributed by atoms with Crippen LogP contribution in [0.1, 0.15) is 27.2 Å². The lowest BCUT2D eigenvalue weighted by atomic mass is 10.1. The summed E-state index contributed by atoms with van der Waals surface area (Å²) in [5.74, 6) is 0.897. The molecule has 0 radical (unpaired) electrons. The standard InChI is InChI=1S/C16H22N2O/c1-4-10-17-12-16(2,3)19-15-9-5-8-14-13(15)7-6-11-18-14/h5-9,11,17H,4,10,12H2,1-3H3. The summed E-state index contributed by atoms with van der Waals surface area (Å²) in [5, 5.41) is 4.47. The monoisotopic (exact) mass is 258 g/mol. The van der Waals surface area contributed by atoms with E-state index in [-0.39, 0.29) is 5.60 Å². The van der Waals surface area contributed by atoms with Crippen LogP contribution in [0.15, 0.2) is 36.5 Å². The van der Waals surface area contributed by atoms with Crippen LogP contribution in [-0.4, -0.2) is 23.7 Å². The molecule has 0 unspecified atom stereocenters. The fourth-order valence-electron chi connectivity index (χ4n) is 2.06. The smallest absolute Gasteiger partial charge is 0.129 e. The van der Waals surface area contributed by atoms with E-state index in [1.807, 2.05) is 30.3 Å². The highest BCUT2D eigenvalue weighted by Gasteiger charge is 2.20. The van der Waals surface area contributed by atoms with Gasteiger partial charge < -0.3 is 10.1 Å². The molecule has 0 bridgehead atoms.